The summed E-state index contributed by atoms with van der Waals surface area (Å²) in [4.78, 5) is 22.3. The number of nitrogens with one attached hydrogen (secondary N) is 1. The van der Waals surface area contributed by atoms with Crippen LogP contribution in [0.4, 0.5) is 0 Å². The van der Waals surface area contributed by atoms with E-state index >= 15 is 0 Å². The van der Waals surface area contributed by atoms with Crippen LogP contribution in [0, 0.1) is 0 Å². The van der Waals surface area contributed by atoms with Gasteiger partial charge in [-0.1, -0.05) is 0 Å². The van der Waals surface area contributed by atoms with Gasteiger partial charge >= 0.3 is 0 Å². The summed E-state index contributed by atoms with van der Waals surface area (Å²) in [7, 11) is 0. The van der Waals surface area contributed by atoms with Crippen LogP contribution < -0.4 is 5.32 Å². The highest BCUT2D eigenvalue weighted by Gasteiger charge is 2.59. The Hall–Kier alpha value is -1.22. The fourth-order valence-electron chi connectivity index (χ4n) is 2.89. The van der Waals surface area contributed by atoms with Crippen LogP contribution in [0.15, 0.2) is 0 Å². The summed E-state index contributed by atoms with van der Waals surface area (Å²) in [6.07, 6.45) is -13.8. The van der Waals surface area contributed by atoms with Crippen LogP contribution in [0.25, 0.3) is 0 Å². The number of aliphatic hydroxyl groups excluding tert-OH is 7. The smallest absolute Gasteiger partial charge is 0.217 e. The molecule has 1 unspecified atom stereocenters. The number of carbonyl (C=O) groups is 2. The van der Waals surface area contributed by atoms with Crippen molar-refractivity contribution in [3.05, 3.63) is 0 Å². The predicted octanol–water partition coefficient (Wildman–Crippen LogP) is -6.02. The number of hydrogen-bond donors (Lipinski definition) is 9. The first-order valence-corrected chi connectivity index (χ1v) is 7.78. The molecule has 12 nitrogen and oxygen atoms in total. The molecule has 1 aliphatic heterocycles. The molecule has 1 fully saturated rings. The molecule has 0 aromatic rings. The zero-order valence-corrected chi connectivity index (χ0v) is 13.9. The number of carbonyl (C=O) groups excluding carboxylic acids is 2. The highest BCUT2D eigenvalue weighted by Crippen LogP contribution is 2.33. The predicted molar refractivity (Wildman–Crippen MR) is 81.5 cm³/mol. The molecule has 1 rings (SSSR count). The summed E-state index contributed by atoms with van der Waals surface area (Å²) in [5.41, 5.74) is -2.98. The number of aliphatic hydroxyl groups is 8. The number of amides is 1. The Morgan fingerprint density at radius 3 is 2.19 bits per heavy atom. The third-order valence-electron chi connectivity index (χ3n) is 4.39. The van der Waals surface area contributed by atoms with Crippen molar-refractivity contribution in [2.75, 3.05) is 13.2 Å². The molecule has 1 heterocycles. The van der Waals surface area contributed by atoms with Gasteiger partial charge in [-0.25, -0.2) is 0 Å². The fraction of sp³-hybridized carbons (Fsp3) is 0.857. The van der Waals surface area contributed by atoms with E-state index in [4.69, 9.17) is 4.74 Å². The van der Waals surface area contributed by atoms with Crippen LogP contribution in [0.3, 0.4) is 0 Å². The molecular weight excluding hydrogens is 358 g/mol. The lowest BCUT2D eigenvalue weighted by atomic mass is 9.76. The summed E-state index contributed by atoms with van der Waals surface area (Å²) < 4.78 is 5.12. The van der Waals surface area contributed by atoms with Gasteiger partial charge < -0.3 is 55.7 Å². The first kappa shape index (κ1) is 22.8. The van der Waals surface area contributed by atoms with Crippen molar-refractivity contribution in [1.82, 2.24) is 5.32 Å². The minimum Gasteiger partial charge on any atom is -0.394 e. The van der Waals surface area contributed by atoms with Crippen molar-refractivity contribution in [2.45, 2.75) is 61.3 Å². The fourth-order valence-corrected chi connectivity index (χ4v) is 2.89. The van der Waals surface area contributed by atoms with Gasteiger partial charge in [-0.2, -0.15) is 0 Å². The van der Waals surface area contributed by atoms with Gasteiger partial charge in [0, 0.05) is 6.92 Å². The van der Waals surface area contributed by atoms with E-state index in [1.165, 1.54) is 0 Å². The van der Waals surface area contributed by atoms with Gasteiger partial charge in [0.15, 0.2) is 0 Å². The number of rotatable bonds is 8. The van der Waals surface area contributed by atoms with Crippen molar-refractivity contribution >= 4 is 12.2 Å². The number of hydrogen-bond acceptors (Lipinski definition) is 11. The molecule has 9 N–H and O–H groups in total. The molecule has 0 spiro atoms. The van der Waals surface area contributed by atoms with E-state index in [2.05, 4.69) is 0 Å². The minimum atomic E-state index is -2.98. The zero-order valence-electron chi connectivity index (χ0n) is 13.9. The largest absolute Gasteiger partial charge is 0.394 e. The standard InChI is InChI=1S/C14H25NO11/c1-5(19)15-6(2-16)12(24)14(25,8(20)4-18)13-11(23)10(22)9(21)7(3-17)26-13/h2,6-13,17-18,20-25H,3-4H2,1H3,(H,15,19)/t6-,7+,8+,9-,10-,11+,12+,13?,14+/m0/s1. The molecule has 9 atom stereocenters. The van der Waals surface area contributed by atoms with E-state index in [9.17, 15) is 50.4 Å². The van der Waals surface area contributed by atoms with Crippen molar-refractivity contribution in [2.24, 2.45) is 0 Å². The van der Waals surface area contributed by atoms with Gasteiger partial charge in [-0.05, 0) is 0 Å². The zero-order chi connectivity index (χ0) is 20.2. The molecule has 0 saturated carbocycles. The lowest BCUT2D eigenvalue weighted by Gasteiger charge is -2.50. The van der Waals surface area contributed by atoms with E-state index < -0.39 is 73.5 Å². The molecule has 0 aromatic carbocycles. The van der Waals surface area contributed by atoms with Gasteiger partial charge in [-0.3, -0.25) is 4.79 Å². The molecule has 26 heavy (non-hydrogen) atoms. The minimum absolute atomic E-state index is 0.0468. The maximum atomic E-state index is 11.2. The van der Waals surface area contributed by atoms with E-state index in [0.717, 1.165) is 6.92 Å². The van der Waals surface area contributed by atoms with Crippen molar-refractivity contribution in [3.8, 4) is 0 Å². The highest BCUT2D eigenvalue weighted by atomic mass is 16.6. The van der Waals surface area contributed by atoms with Crippen molar-refractivity contribution in [1.29, 1.82) is 0 Å². The Labute approximate surface area is 148 Å². The van der Waals surface area contributed by atoms with Gasteiger partial charge in [0.2, 0.25) is 5.91 Å². The third kappa shape index (κ3) is 4.19. The highest BCUT2D eigenvalue weighted by molar-refractivity contribution is 5.77. The summed E-state index contributed by atoms with van der Waals surface area (Å²) >= 11 is 0. The van der Waals surface area contributed by atoms with Crippen LogP contribution in [-0.2, 0) is 14.3 Å². The maximum absolute atomic E-state index is 11.2. The molecule has 0 bridgehead atoms. The molecule has 0 aromatic heterocycles. The lowest BCUT2D eigenvalue weighted by molar-refractivity contribution is -0.305. The molecular formula is C14H25NO11. The second-order valence-electron chi connectivity index (χ2n) is 6.14. The number of aldehydes is 1. The van der Waals surface area contributed by atoms with Crippen LogP contribution in [0.1, 0.15) is 6.92 Å². The van der Waals surface area contributed by atoms with E-state index in [1.54, 1.807) is 0 Å². The third-order valence-corrected chi connectivity index (χ3v) is 4.39. The van der Waals surface area contributed by atoms with Gasteiger partial charge in [-0.15, -0.1) is 0 Å². The Balaban J connectivity index is 3.33. The Bertz CT molecular complexity index is 490. The first-order valence-electron chi connectivity index (χ1n) is 7.78. The molecule has 1 aliphatic rings. The van der Waals surface area contributed by atoms with Gasteiger partial charge in [0.25, 0.3) is 0 Å². The monoisotopic (exact) mass is 383 g/mol. The van der Waals surface area contributed by atoms with Gasteiger partial charge in [0.1, 0.15) is 60.7 Å². The van der Waals surface area contributed by atoms with Gasteiger partial charge in [0.05, 0.1) is 13.2 Å². The Morgan fingerprint density at radius 2 is 1.77 bits per heavy atom. The summed E-state index contributed by atoms with van der Waals surface area (Å²) in [5, 5.41) is 81.5. The first-order chi connectivity index (χ1) is 12.1. The molecule has 1 amide bonds. The van der Waals surface area contributed by atoms with Crippen molar-refractivity contribution < 1.29 is 55.2 Å². The van der Waals surface area contributed by atoms with E-state index in [1.807, 2.05) is 5.32 Å². The topological polar surface area (TPSA) is 217 Å². The maximum Gasteiger partial charge on any atom is 0.217 e. The summed E-state index contributed by atoms with van der Waals surface area (Å²) in [5.74, 6) is -0.768. The average Bonchev–Trinajstić information content (AvgIpc) is 2.62. The molecule has 0 aliphatic carbocycles. The van der Waals surface area contributed by atoms with Crippen LogP contribution in [-0.4, -0.2) is 121 Å². The second-order valence-corrected chi connectivity index (χ2v) is 6.14. The van der Waals surface area contributed by atoms with Crippen LogP contribution in [0.5, 0.6) is 0 Å². The Morgan fingerprint density at radius 1 is 1.19 bits per heavy atom. The summed E-state index contributed by atoms with van der Waals surface area (Å²) in [6, 6.07) is -1.77. The average molecular weight is 383 g/mol. The molecule has 12 heteroatoms. The van der Waals surface area contributed by atoms with Crippen LogP contribution >= 0.6 is 0 Å². The summed E-state index contributed by atoms with van der Waals surface area (Å²) in [6.45, 7) is -1.00. The lowest BCUT2D eigenvalue weighted by Crippen LogP contribution is -2.74. The molecule has 152 valence electrons. The SMILES string of the molecule is CC(=O)N[C@@H](C=O)[C@@H](O)[C@@](O)(C1O[C@H](CO)[C@H](O)[C@H](O)[C@H]1O)[C@H](O)CO. The normalized spacial score (nSPS) is 35.0. The number of ether oxygens (including phenoxy) is 1. The second kappa shape index (κ2) is 9.12. The van der Waals surface area contributed by atoms with Crippen molar-refractivity contribution in [3.63, 3.8) is 0 Å². The molecule has 0 radical (unpaired) electrons. The van der Waals surface area contributed by atoms with E-state index in [0.29, 0.717) is 0 Å². The van der Waals surface area contributed by atoms with E-state index in [-0.39, 0.29) is 6.29 Å². The molecule has 1 saturated heterocycles. The Kier molecular flexibility index (Phi) is 8.01. The quantitative estimate of drug-likeness (QED) is 0.180. The van der Waals surface area contributed by atoms with Crippen LogP contribution in [0.2, 0.25) is 0 Å².